The summed E-state index contributed by atoms with van der Waals surface area (Å²) in [6.07, 6.45) is 4.45. The fourth-order valence-corrected chi connectivity index (χ4v) is 1.94. The summed E-state index contributed by atoms with van der Waals surface area (Å²) >= 11 is 11.8. The van der Waals surface area contributed by atoms with Gasteiger partial charge in [-0.15, -0.1) is 0 Å². The Morgan fingerprint density at radius 2 is 2.09 bits per heavy atom. The average molecular weight is 336 g/mol. The van der Waals surface area contributed by atoms with Gasteiger partial charge in [-0.3, -0.25) is 9.78 Å². The van der Waals surface area contributed by atoms with Gasteiger partial charge >= 0.3 is 11.8 Å². The minimum Gasteiger partial charge on any atom is -0.328 e. The van der Waals surface area contributed by atoms with Crippen LogP contribution < -0.4 is 5.32 Å². The zero-order chi connectivity index (χ0) is 15.5. The highest BCUT2D eigenvalue weighted by Gasteiger charge is 2.18. The SMILES string of the molecule is O=C(Nc1cc(Cl)ccc1Cl)c1nc(-c2cnccn2)no1. The second-order valence-corrected chi connectivity index (χ2v) is 4.94. The van der Waals surface area contributed by atoms with Gasteiger partial charge in [0.05, 0.1) is 16.9 Å². The Labute approximate surface area is 134 Å². The molecule has 2 heterocycles. The molecule has 0 fully saturated rings. The van der Waals surface area contributed by atoms with Gasteiger partial charge < -0.3 is 9.84 Å². The third-order valence-electron chi connectivity index (χ3n) is 2.59. The van der Waals surface area contributed by atoms with E-state index in [0.29, 0.717) is 21.4 Å². The fourth-order valence-electron chi connectivity index (χ4n) is 1.60. The van der Waals surface area contributed by atoms with E-state index < -0.39 is 5.91 Å². The summed E-state index contributed by atoms with van der Waals surface area (Å²) in [5.41, 5.74) is 0.740. The van der Waals surface area contributed by atoms with Gasteiger partial charge in [-0.2, -0.15) is 4.98 Å². The van der Waals surface area contributed by atoms with Gasteiger partial charge in [0.25, 0.3) is 0 Å². The molecule has 0 unspecified atom stereocenters. The van der Waals surface area contributed by atoms with Crippen LogP contribution in [-0.2, 0) is 0 Å². The van der Waals surface area contributed by atoms with E-state index in [2.05, 4.69) is 25.4 Å². The van der Waals surface area contributed by atoms with Crippen LogP contribution in [0.1, 0.15) is 10.7 Å². The molecule has 2 aromatic heterocycles. The summed E-state index contributed by atoms with van der Waals surface area (Å²) in [5.74, 6) is -0.668. The maximum Gasteiger partial charge on any atom is 0.316 e. The van der Waals surface area contributed by atoms with Gasteiger partial charge in [-0.25, -0.2) is 4.98 Å². The summed E-state index contributed by atoms with van der Waals surface area (Å²) in [6.45, 7) is 0. The molecule has 3 aromatic rings. The summed E-state index contributed by atoms with van der Waals surface area (Å²) < 4.78 is 4.91. The summed E-state index contributed by atoms with van der Waals surface area (Å²) in [5, 5.41) is 7.00. The van der Waals surface area contributed by atoms with E-state index in [1.165, 1.54) is 24.7 Å². The van der Waals surface area contributed by atoms with Crippen LogP contribution in [0.3, 0.4) is 0 Å². The molecule has 3 rings (SSSR count). The first-order valence-electron chi connectivity index (χ1n) is 6.00. The number of aromatic nitrogens is 4. The standard InChI is InChI=1S/C13H7Cl2N5O2/c14-7-1-2-8(15)9(5-7)18-12(21)13-19-11(20-22-13)10-6-16-3-4-17-10/h1-6H,(H,18,21). The Morgan fingerprint density at radius 1 is 1.23 bits per heavy atom. The van der Waals surface area contributed by atoms with Crippen LogP contribution >= 0.6 is 23.2 Å². The normalized spacial score (nSPS) is 10.5. The highest BCUT2D eigenvalue weighted by molar-refractivity contribution is 6.35. The lowest BCUT2D eigenvalue weighted by Crippen LogP contribution is -2.12. The van der Waals surface area contributed by atoms with E-state index in [1.54, 1.807) is 12.1 Å². The van der Waals surface area contributed by atoms with Gasteiger partial charge in [0, 0.05) is 17.4 Å². The Balaban J connectivity index is 1.81. The van der Waals surface area contributed by atoms with Crippen LogP contribution in [0.25, 0.3) is 11.5 Å². The lowest BCUT2D eigenvalue weighted by atomic mass is 10.3. The fraction of sp³-hybridized carbons (Fsp3) is 0. The van der Waals surface area contributed by atoms with Crippen molar-refractivity contribution in [2.75, 3.05) is 5.32 Å². The van der Waals surface area contributed by atoms with Crippen molar-refractivity contribution in [1.29, 1.82) is 0 Å². The molecule has 0 saturated heterocycles. The highest BCUT2D eigenvalue weighted by Crippen LogP contribution is 2.25. The second kappa shape index (κ2) is 6.08. The second-order valence-electron chi connectivity index (χ2n) is 4.09. The Morgan fingerprint density at radius 3 is 2.86 bits per heavy atom. The highest BCUT2D eigenvalue weighted by atomic mass is 35.5. The number of amides is 1. The maximum atomic E-state index is 12.1. The first-order chi connectivity index (χ1) is 10.6. The van der Waals surface area contributed by atoms with Crippen molar-refractivity contribution in [3.8, 4) is 11.5 Å². The minimum absolute atomic E-state index is 0.162. The number of hydrogen-bond donors (Lipinski definition) is 1. The Hall–Kier alpha value is -2.51. The number of halogens is 2. The predicted molar refractivity (Wildman–Crippen MR) is 79.7 cm³/mol. The molecule has 7 nitrogen and oxygen atoms in total. The zero-order valence-electron chi connectivity index (χ0n) is 10.8. The average Bonchev–Trinajstić information content (AvgIpc) is 3.02. The molecule has 110 valence electrons. The minimum atomic E-state index is -0.605. The smallest absolute Gasteiger partial charge is 0.316 e. The lowest BCUT2D eigenvalue weighted by Gasteiger charge is -2.04. The maximum absolute atomic E-state index is 12.1. The van der Waals surface area contributed by atoms with E-state index in [1.807, 2.05) is 0 Å². The summed E-state index contributed by atoms with van der Waals surface area (Å²) in [6, 6.07) is 4.69. The quantitative estimate of drug-likeness (QED) is 0.790. The molecule has 0 bridgehead atoms. The van der Waals surface area contributed by atoms with Crippen LogP contribution in [0.5, 0.6) is 0 Å². The molecule has 1 aromatic carbocycles. The molecule has 0 saturated carbocycles. The van der Waals surface area contributed by atoms with E-state index in [0.717, 1.165) is 0 Å². The number of benzene rings is 1. The molecule has 1 amide bonds. The zero-order valence-corrected chi connectivity index (χ0v) is 12.3. The van der Waals surface area contributed by atoms with Crippen LogP contribution in [0.2, 0.25) is 10.0 Å². The number of carbonyl (C=O) groups excluding carboxylic acids is 1. The molecule has 0 aliphatic carbocycles. The van der Waals surface area contributed by atoms with Gasteiger partial charge in [-0.1, -0.05) is 28.4 Å². The molecule has 0 aliphatic rings. The van der Waals surface area contributed by atoms with Gasteiger partial charge in [-0.05, 0) is 18.2 Å². The first-order valence-corrected chi connectivity index (χ1v) is 6.75. The van der Waals surface area contributed by atoms with Crippen LogP contribution in [-0.4, -0.2) is 26.0 Å². The number of nitrogens with one attached hydrogen (secondary N) is 1. The largest absolute Gasteiger partial charge is 0.328 e. The predicted octanol–water partition coefficient (Wildman–Crippen LogP) is 3.09. The molecular weight excluding hydrogens is 329 g/mol. The van der Waals surface area contributed by atoms with Crippen molar-refractivity contribution < 1.29 is 9.32 Å². The van der Waals surface area contributed by atoms with Crippen molar-refractivity contribution in [3.05, 3.63) is 52.7 Å². The molecule has 0 radical (unpaired) electrons. The lowest BCUT2D eigenvalue weighted by molar-refractivity contribution is 0.0981. The molecule has 0 atom stereocenters. The van der Waals surface area contributed by atoms with E-state index >= 15 is 0 Å². The van der Waals surface area contributed by atoms with Crippen molar-refractivity contribution in [1.82, 2.24) is 20.1 Å². The number of anilines is 1. The summed E-state index contributed by atoms with van der Waals surface area (Å²) in [7, 11) is 0. The molecule has 1 N–H and O–H groups in total. The van der Waals surface area contributed by atoms with E-state index in [4.69, 9.17) is 27.7 Å². The Kier molecular flexibility index (Phi) is 3.99. The number of hydrogen-bond acceptors (Lipinski definition) is 6. The van der Waals surface area contributed by atoms with Crippen LogP contribution in [0, 0.1) is 0 Å². The van der Waals surface area contributed by atoms with Crippen molar-refractivity contribution in [2.24, 2.45) is 0 Å². The third kappa shape index (κ3) is 3.05. The topological polar surface area (TPSA) is 93.8 Å². The van der Waals surface area contributed by atoms with Crippen molar-refractivity contribution in [2.45, 2.75) is 0 Å². The monoisotopic (exact) mass is 335 g/mol. The molecule has 0 spiro atoms. The Bertz CT molecular complexity index is 822. The van der Waals surface area contributed by atoms with Crippen LogP contribution in [0.4, 0.5) is 5.69 Å². The number of nitrogens with zero attached hydrogens (tertiary/aromatic N) is 4. The molecule has 22 heavy (non-hydrogen) atoms. The molecule has 9 heteroatoms. The van der Waals surface area contributed by atoms with Gasteiger partial charge in [0.1, 0.15) is 5.69 Å². The van der Waals surface area contributed by atoms with Gasteiger partial charge in [0.15, 0.2) is 0 Å². The first kappa shape index (κ1) is 14.4. The van der Waals surface area contributed by atoms with E-state index in [9.17, 15) is 4.79 Å². The summed E-state index contributed by atoms with van der Waals surface area (Å²) in [4.78, 5) is 23.9. The van der Waals surface area contributed by atoms with Gasteiger partial charge in [0.2, 0.25) is 5.82 Å². The third-order valence-corrected chi connectivity index (χ3v) is 3.15. The van der Waals surface area contributed by atoms with Crippen LogP contribution in [0.15, 0.2) is 41.3 Å². The number of rotatable bonds is 3. The van der Waals surface area contributed by atoms with E-state index in [-0.39, 0.29) is 11.7 Å². The molecule has 0 aliphatic heterocycles. The number of carbonyl (C=O) groups is 1. The van der Waals surface area contributed by atoms with Crippen molar-refractivity contribution >= 4 is 34.8 Å². The van der Waals surface area contributed by atoms with Crippen molar-refractivity contribution in [3.63, 3.8) is 0 Å². The molecular formula is C13H7Cl2N5O2.